The van der Waals surface area contributed by atoms with Crippen molar-refractivity contribution in [2.45, 2.75) is 30.1 Å². The maximum absolute atomic E-state index is 11.6. The van der Waals surface area contributed by atoms with Crippen LogP contribution < -0.4 is 0 Å². The fourth-order valence-electron chi connectivity index (χ4n) is 2.79. The summed E-state index contributed by atoms with van der Waals surface area (Å²) in [6.07, 6.45) is 5.89. The van der Waals surface area contributed by atoms with Gasteiger partial charge in [0.1, 0.15) is 0 Å². The molecule has 0 spiro atoms. The average molecular weight is 381 g/mol. The average Bonchev–Trinajstić information content (AvgIpc) is 3.24. The van der Waals surface area contributed by atoms with Gasteiger partial charge in [0.05, 0.1) is 6.20 Å². The maximum Gasteiger partial charge on any atom is 0.362 e. The van der Waals surface area contributed by atoms with Gasteiger partial charge in [0.15, 0.2) is 11.0 Å². The molecule has 9 nitrogen and oxygen atoms in total. The molecular weight excluding hydrogens is 366 g/mol. The van der Waals surface area contributed by atoms with Crippen molar-refractivity contribution >= 4 is 23.2 Å². The molecule has 10 heteroatoms. The number of imidazole rings is 1. The van der Waals surface area contributed by atoms with Gasteiger partial charge in [0, 0.05) is 30.6 Å². The van der Waals surface area contributed by atoms with E-state index in [1.165, 1.54) is 4.40 Å². The highest BCUT2D eigenvalue weighted by Gasteiger charge is 2.26. The molecule has 0 aromatic carbocycles. The first-order chi connectivity index (χ1) is 13.2. The lowest BCUT2D eigenvalue weighted by atomic mass is 10.2. The third-order valence-corrected chi connectivity index (χ3v) is 4.89. The van der Waals surface area contributed by atoms with Crippen LogP contribution in [-0.2, 0) is 6.54 Å². The van der Waals surface area contributed by atoms with Gasteiger partial charge < -0.3 is 14.7 Å². The lowest BCUT2D eigenvalue weighted by molar-refractivity contribution is -0.393. The highest BCUT2D eigenvalue weighted by Crippen LogP contribution is 2.35. The van der Waals surface area contributed by atoms with E-state index in [0.29, 0.717) is 23.2 Å². The van der Waals surface area contributed by atoms with Crippen molar-refractivity contribution < 1.29 is 4.92 Å². The van der Waals surface area contributed by atoms with Gasteiger partial charge in [-0.2, -0.15) is 9.38 Å². The highest BCUT2D eigenvalue weighted by atomic mass is 32.2. The monoisotopic (exact) mass is 381 g/mol. The Morgan fingerprint density at radius 2 is 2.00 bits per heavy atom. The molecule has 0 aliphatic carbocycles. The molecule has 0 saturated heterocycles. The Morgan fingerprint density at radius 3 is 2.74 bits per heavy atom. The number of hydrogen-bond acceptors (Lipinski definition) is 7. The molecule has 0 aliphatic heterocycles. The van der Waals surface area contributed by atoms with Crippen molar-refractivity contribution in [3.63, 3.8) is 0 Å². The van der Waals surface area contributed by atoms with Crippen LogP contribution in [0.25, 0.3) is 17.0 Å². The van der Waals surface area contributed by atoms with Crippen molar-refractivity contribution in [2.24, 2.45) is 0 Å². The Morgan fingerprint density at radius 1 is 1.19 bits per heavy atom. The quantitative estimate of drug-likeness (QED) is 0.372. The van der Waals surface area contributed by atoms with Crippen LogP contribution in [0.15, 0.2) is 59.1 Å². The number of fused-ring (bicyclic) bond motifs is 1. The van der Waals surface area contributed by atoms with E-state index in [1.54, 1.807) is 36.8 Å². The number of hydrogen-bond donors (Lipinski definition) is 0. The molecule has 4 aromatic heterocycles. The zero-order valence-corrected chi connectivity index (χ0v) is 15.2. The zero-order chi connectivity index (χ0) is 18.8. The van der Waals surface area contributed by atoms with E-state index in [-0.39, 0.29) is 10.8 Å². The minimum absolute atomic E-state index is 0.0768. The number of pyridine rings is 2. The summed E-state index contributed by atoms with van der Waals surface area (Å²) in [5.41, 5.74) is 1.41. The molecule has 136 valence electrons. The van der Waals surface area contributed by atoms with E-state index >= 15 is 0 Å². The molecule has 0 amide bonds. The Labute approximate surface area is 158 Å². The van der Waals surface area contributed by atoms with Crippen LogP contribution in [0.4, 0.5) is 5.82 Å². The molecule has 27 heavy (non-hydrogen) atoms. The summed E-state index contributed by atoms with van der Waals surface area (Å²) in [5.74, 6) is 0.625. The van der Waals surface area contributed by atoms with Gasteiger partial charge in [-0.05, 0) is 41.3 Å². The molecule has 0 unspecified atom stereocenters. The van der Waals surface area contributed by atoms with Crippen LogP contribution in [0.1, 0.15) is 13.3 Å². The first-order valence-corrected chi connectivity index (χ1v) is 9.13. The van der Waals surface area contributed by atoms with Crippen LogP contribution in [0.5, 0.6) is 0 Å². The maximum atomic E-state index is 11.6. The van der Waals surface area contributed by atoms with Crippen LogP contribution in [0, 0.1) is 10.1 Å². The Hall–Kier alpha value is -3.27. The smallest absolute Gasteiger partial charge is 0.358 e. The summed E-state index contributed by atoms with van der Waals surface area (Å²) in [5, 5.41) is 21.0. The third-order valence-electron chi connectivity index (χ3n) is 3.94. The second kappa shape index (κ2) is 7.16. The largest absolute Gasteiger partial charge is 0.362 e. The third kappa shape index (κ3) is 3.14. The van der Waals surface area contributed by atoms with Crippen molar-refractivity contribution in [2.75, 3.05) is 0 Å². The van der Waals surface area contributed by atoms with E-state index in [1.807, 2.05) is 16.7 Å². The van der Waals surface area contributed by atoms with E-state index in [9.17, 15) is 10.1 Å². The summed E-state index contributed by atoms with van der Waals surface area (Å²) < 4.78 is 3.42. The van der Waals surface area contributed by atoms with Crippen LogP contribution in [-0.4, -0.2) is 34.1 Å². The second-order valence-electron chi connectivity index (χ2n) is 5.72. The van der Waals surface area contributed by atoms with Gasteiger partial charge in [0.25, 0.3) is 0 Å². The van der Waals surface area contributed by atoms with Gasteiger partial charge in [0.2, 0.25) is 10.7 Å². The highest BCUT2D eigenvalue weighted by molar-refractivity contribution is 7.99. The predicted molar refractivity (Wildman–Crippen MR) is 99.5 cm³/mol. The van der Waals surface area contributed by atoms with E-state index in [0.717, 1.165) is 23.7 Å². The standard InChI is InChI=1S/C17H15N7O2S/c1-2-10-23-14(12-6-8-18-9-7-12)20-21-17(23)27-15-16(24(25)26)22-11-4-3-5-13(22)19-15/h3-9,11H,2,10H2,1H3. The fraction of sp³-hybridized carbons (Fsp3) is 0.176. The lowest BCUT2D eigenvalue weighted by Crippen LogP contribution is -2.02. The molecule has 0 atom stereocenters. The van der Waals surface area contributed by atoms with Gasteiger partial charge in [-0.25, -0.2) is 0 Å². The topological polar surface area (TPSA) is 104 Å². The van der Waals surface area contributed by atoms with E-state index in [4.69, 9.17) is 0 Å². The molecule has 0 bridgehead atoms. The summed E-state index contributed by atoms with van der Waals surface area (Å²) in [7, 11) is 0. The summed E-state index contributed by atoms with van der Waals surface area (Å²) in [4.78, 5) is 19.6. The molecule has 0 aliphatic rings. The lowest BCUT2D eigenvalue weighted by Gasteiger charge is -2.07. The molecule has 4 aromatic rings. The van der Waals surface area contributed by atoms with E-state index < -0.39 is 4.92 Å². The Balaban J connectivity index is 1.80. The summed E-state index contributed by atoms with van der Waals surface area (Å²) in [6.45, 7) is 2.74. The number of aromatic nitrogens is 6. The summed E-state index contributed by atoms with van der Waals surface area (Å²) in [6, 6.07) is 8.98. The molecule has 0 fully saturated rings. The first-order valence-electron chi connectivity index (χ1n) is 8.32. The van der Waals surface area contributed by atoms with Gasteiger partial charge in [-0.3, -0.25) is 4.98 Å². The van der Waals surface area contributed by atoms with Crippen molar-refractivity contribution in [1.29, 1.82) is 0 Å². The predicted octanol–water partition coefficient (Wildman–Crippen LogP) is 3.46. The van der Waals surface area contributed by atoms with Gasteiger partial charge in [-0.1, -0.05) is 13.0 Å². The van der Waals surface area contributed by atoms with Crippen LogP contribution in [0.2, 0.25) is 0 Å². The minimum atomic E-state index is -0.424. The minimum Gasteiger partial charge on any atom is -0.358 e. The molecule has 0 N–H and O–H groups in total. The number of rotatable bonds is 6. The van der Waals surface area contributed by atoms with E-state index in [2.05, 4.69) is 27.1 Å². The second-order valence-corrected chi connectivity index (χ2v) is 6.68. The summed E-state index contributed by atoms with van der Waals surface area (Å²) >= 11 is 1.15. The van der Waals surface area contributed by atoms with Crippen LogP contribution >= 0.6 is 11.8 Å². The zero-order valence-electron chi connectivity index (χ0n) is 14.4. The number of nitro groups is 1. The Kier molecular flexibility index (Phi) is 4.55. The fourth-order valence-corrected chi connectivity index (χ4v) is 3.73. The molecule has 0 saturated carbocycles. The SMILES string of the molecule is CCCn1c(Sc2nc3ccccn3c2[N+](=O)[O-])nnc1-c1ccncc1. The van der Waals surface area contributed by atoms with Crippen molar-refractivity contribution in [3.05, 3.63) is 59.0 Å². The van der Waals surface area contributed by atoms with Crippen molar-refractivity contribution in [3.8, 4) is 11.4 Å². The molecule has 4 heterocycles. The Bertz CT molecular complexity index is 1110. The molecule has 4 rings (SSSR count). The first kappa shape index (κ1) is 17.2. The molecular formula is C17H15N7O2S. The van der Waals surface area contributed by atoms with Gasteiger partial charge >= 0.3 is 5.82 Å². The van der Waals surface area contributed by atoms with Crippen molar-refractivity contribution in [1.82, 2.24) is 29.1 Å². The van der Waals surface area contributed by atoms with Crippen LogP contribution in [0.3, 0.4) is 0 Å². The number of nitrogens with zero attached hydrogens (tertiary/aromatic N) is 7. The normalized spacial score (nSPS) is 11.1. The molecule has 0 radical (unpaired) electrons. The van der Waals surface area contributed by atoms with Gasteiger partial charge in [-0.15, -0.1) is 10.2 Å².